The van der Waals surface area contributed by atoms with Gasteiger partial charge in [0.2, 0.25) is 5.95 Å². The average Bonchev–Trinajstić information content (AvgIpc) is 1.08. The second-order valence-corrected chi connectivity index (χ2v) is 30.9. The largest absolute Gasteiger partial charge is 0.379 e. The van der Waals surface area contributed by atoms with Crippen LogP contribution in [-0.2, 0) is 0 Å². The van der Waals surface area contributed by atoms with Crippen LogP contribution in [-0.4, -0.2) is 115 Å². The van der Waals surface area contributed by atoms with E-state index in [2.05, 4.69) is 285 Å². The Hall–Kier alpha value is -8.53. The molecule has 8 N–H and O–H groups in total. The summed E-state index contributed by atoms with van der Waals surface area (Å²) in [6, 6.07) is 17.2. The van der Waals surface area contributed by atoms with Gasteiger partial charge in [-0.25, -0.2) is 24.9 Å². The molecule has 0 saturated heterocycles. The third-order valence-electron chi connectivity index (χ3n) is 9.94. The molecular weight excluding hydrogens is 1200 g/mol. The van der Waals surface area contributed by atoms with Crippen molar-refractivity contribution in [3.8, 4) is 0 Å². The van der Waals surface area contributed by atoms with Crippen molar-refractivity contribution in [3.05, 3.63) is 156 Å². The molecule has 8 aromatic rings. The SMILES string of the molecule is CC(C)(C)Nc1ccc(Cl)nn1.CC(C)(C)Nc1cccnc1.CC(C)(C)Nc1cccnn1.Cc1ccc(NC(C)(C)C)nn1.Cc1cnc(NC(C)(C)C)cn1.Cc1cnc(NC(C)(C)C)nc1.Cc1cncc(NC(C)(C)C)c1.Cc1ncc(NC(C)(C)C)cn1. The highest BCUT2D eigenvalue weighted by Gasteiger charge is 2.15. The lowest BCUT2D eigenvalue weighted by atomic mass is 10.1. The minimum Gasteiger partial charge on any atom is -0.379 e. The van der Waals surface area contributed by atoms with E-state index in [1.807, 2.05) is 89.6 Å². The number of pyridine rings is 2. The van der Waals surface area contributed by atoms with E-state index in [4.69, 9.17) is 11.6 Å². The Morgan fingerprint density at radius 2 is 0.745 bits per heavy atom. The van der Waals surface area contributed by atoms with Crippen LogP contribution in [0.25, 0.3) is 0 Å². The summed E-state index contributed by atoms with van der Waals surface area (Å²) in [6.45, 7) is 60.1. The second kappa shape index (κ2) is 38.6. The molecule has 0 amide bonds. The lowest BCUT2D eigenvalue weighted by Gasteiger charge is -2.21. The molecule has 0 atom stereocenters. The number of halogens is 1. The van der Waals surface area contributed by atoms with Crippen molar-refractivity contribution in [1.82, 2.24) is 70.5 Å². The van der Waals surface area contributed by atoms with E-state index in [1.165, 1.54) is 5.56 Å². The molecule has 0 aliphatic rings. The number of aromatic nitrogens is 14. The summed E-state index contributed by atoms with van der Waals surface area (Å²) in [5.41, 5.74) is 7.72. The zero-order valence-electron chi connectivity index (χ0n) is 62.2. The Kier molecular flexibility index (Phi) is 34.3. The van der Waals surface area contributed by atoms with Crippen LogP contribution in [0.2, 0.25) is 5.15 Å². The van der Waals surface area contributed by atoms with Gasteiger partial charge < -0.3 is 42.5 Å². The maximum absolute atomic E-state index is 5.58. The minimum atomic E-state index is 0.00249. The number of anilines is 8. The second-order valence-electron chi connectivity index (χ2n) is 30.5. The summed E-state index contributed by atoms with van der Waals surface area (Å²) in [6.07, 6.45) is 19.7. The molecule has 0 spiro atoms. The van der Waals surface area contributed by atoms with Gasteiger partial charge in [0, 0.05) is 87.7 Å². The Labute approximate surface area is 569 Å². The molecule has 23 heteroatoms. The highest BCUT2D eigenvalue weighted by atomic mass is 35.5. The van der Waals surface area contributed by atoms with Crippen molar-refractivity contribution in [2.24, 2.45) is 0 Å². The topological polar surface area (TPSA) is 277 Å². The van der Waals surface area contributed by atoms with Gasteiger partial charge in [-0.1, -0.05) is 11.6 Å². The Morgan fingerprint density at radius 1 is 0.298 bits per heavy atom. The average molecular weight is 1310 g/mol. The molecule has 94 heavy (non-hydrogen) atoms. The molecule has 0 aliphatic heterocycles. The molecule has 0 radical (unpaired) electrons. The van der Waals surface area contributed by atoms with E-state index >= 15 is 0 Å². The lowest BCUT2D eigenvalue weighted by molar-refractivity contribution is 0.625. The van der Waals surface area contributed by atoms with Crippen LogP contribution in [0, 0.1) is 34.6 Å². The third kappa shape index (κ3) is 49.2. The van der Waals surface area contributed by atoms with Crippen LogP contribution in [0.5, 0.6) is 0 Å². The van der Waals surface area contributed by atoms with Crippen molar-refractivity contribution >= 4 is 57.9 Å². The van der Waals surface area contributed by atoms with Crippen molar-refractivity contribution in [3.63, 3.8) is 0 Å². The normalized spacial score (nSPS) is 11.3. The molecule has 516 valence electrons. The zero-order valence-corrected chi connectivity index (χ0v) is 62.9. The van der Waals surface area contributed by atoms with E-state index in [0.29, 0.717) is 11.1 Å². The van der Waals surface area contributed by atoms with Gasteiger partial charge in [-0.3, -0.25) is 15.0 Å². The van der Waals surface area contributed by atoms with Crippen LogP contribution < -0.4 is 42.5 Å². The molecule has 0 unspecified atom stereocenters. The summed E-state index contributed by atoms with van der Waals surface area (Å²) in [5, 5.41) is 49.6. The maximum Gasteiger partial charge on any atom is 0.222 e. The predicted octanol–water partition coefficient (Wildman–Crippen LogP) is 16.9. The van der Waals surface area contributed by atoms with Crippen molar-refractivity contribution in [2.45, 2.75) is 245 Å². The van der Waals surface area contributed by atoms with Crippen molar-refractivity contribution < 1.29 is 0 Å². The summed E-state index contributed by atoms with van der Waals surface area (Å²) in [7, 11) is 0. The van der Waals surface area contributed by atoms with Gasteiger partial charge in [-0.15, -0.1) is 20.4 Å². The van der Waals surface area contributed by atoms with Crippen LogP contribution in [0.4, 0.5) is 46.3 Å². The van der Waals surface area contributed by atoms with Crippen LogP contribution in [0.15, 0.2) is 123 Å². The van der Waals surface area contributed by atoms with Gasteiger partial charge >= 0.3 is 0 Å². The van der Waals surface area contributed by atoms with Crippen molar-refractivity contribution in [1.29, 1.82) is 0 Å². The first-order valence-electron chi connectivity index (χ1n) is 31.5. The molecule has 0 aliphatic carbocycles. The highest BCUT2D eigenvalue weighted by Crippen LogP contribution is 2.18. The quantitative estimate of drug-likeness (QED) is 0.0702. The number of aryl methyl sites for hydroxylation is 5. The number of nitrogens with zero attached hydrogens (tertiary/aromatic N) is 14. The van der Waals surface area contributed by atoms with Gasteiger partial charge in [0.05, 0.1) is 53.2 Å². The minimum absolute atomic E-state index is 0.00249. The smallest absolute Gasteiger partial charge is 0.222 e. The molecule has 8 aromatic heterocycles. The van der Waals surface area contributed by atoms with Gasteiger partial charge in [-0.05, 0) is 267 Å². The molecule has 0 saturated carbocycles. The summed E-state index contributed by atoms with van der Waals surface area (Å²) < 4.78 is 0. The molecular formula is C71H115ClN22. The summed E-state index contributed by atoms with van der Waals surface area (Å²) in [4.78, 5) is 32.9. The molecule has 22 nitrogen and oxygen atoms in total. The predicted molar refractivity (Wildman–Crippen MR) is 396 cm³/mol. The van der Waals surface area contributed by atoms with E-state index in [0.717, 1.165) is 63.1 Å². The summed E-state index contributed by atoms with van der Waals surface area (Å²) in [5.74, 6) is 4.70. The number of rotatable bonds is 8. The first-order chi connectivity index (χ1) is 43.0. The number of nitrogens with one attached hydrogen (secondary N) is 8. The van der Waals surface area contributed by atoms with E-state index < -0.39 is 0 Å². The standard InChI is InChI=1S/C10H16N2.4C9H15N3.C9H14N2.C8H12ClN3.C8H13N3/c1-8-5-9(7-11-6-8)12-10(2,3)4;1-7-10-5-8(6-11-7)12-9(2,3)4;1-7-5-11-8(6-10-7)12-9(2,3)4;1-7-5-10-8(11-6-7)12-9(2,3)4;1-7-5-6-8(12-11-7)10-9(2,3)4;1-9(2,3)11-8-5-4-6-10-7-8;1-8(2,3)10-7-5-4-6(9)11-12-7;1-8(2,3)10-7-5-4-6-9-11-7/h5-7,12H,1-4H3;5-6,12H,1-4H3;5-6H,1-4H3,(H,11,12);5-6H,1-4H3,(H,10,11,12);5-6H,1-4H3,(H,10,12);4-7,11H,1-3H3;4-5H,1-3H3,(H,10,12);4-6H,1-3H3,(H,10,11). The lowest BCUT2D eigenvalue weighted by Crippen LogP contribution is -2.27. The molecule has 0 aromatic carbocycles. The van der Waals surface area contributed by atoms with Crippen LogP contribution in [0.3, 0.4) is 0 Å². The Morgan fingerprint density at radius 3 is 1.15 bits per heavy atom. The van der Waals surface area contributed by atoms with Gasteiger partial charge in [0.15, 0.2) is 5.15 Å². The monoisotopic (exact) mass is 1310 g/mol. The Bertz CT molecular complexity index is 2880. The van der Waals surface area contributed by atoms with Crippen LogP contribution in [0.1, 0.15) is 195 Å². The molecule has 8 heterocycles. The Balaban J connectivity index is 0.000000537. The van der Waals surface area contributed by atoms with Crippen molar-refractivity contribution in [2.75, 3.05) is 42.5 Å². The fourth-order valence-electron chi connectivity index (χ4n) is 6.82. The summed E-state index contributed by atoms with van der Waals surface area (Å²) >= 11 is 5.58. The highest BCUT2D eigenvalue weighted by molar-refractivity contribution is 6.29. The third-order valence-corrected chi connectivity index (χ3v) is 10.1. The van der Waals surface area contributed by atoms with Gasteiger partial charge in [-0.2, -0.15) is 10.2 Å². The first-order valence-corrected chi connectivity index (χ1v) is 31.9. The van der Waals surface area contributed by atoms with Gasteiger partial charge in [0.25, 0.3) is 0 Å². The zero-order chi connectivity index (χ0) is 71.8. The van der Waals surface area contributed by atoms with Gasteiger partial charge in [0.1, 0.15) is 29.1 Å². The molecule has 8 rings (SSSR count). The molecule has 0 fully saturated rings. The first kappa shape index (κ1) is 83.5. The molecule has 0 bridgehead atoms. The maximum atomic E-state index is 5.58. The number of hydrogen-bond donors (Lipinski definition) is 8. The van der Waals surface area contributed by atoms with E-state index in [-0.39, 0.29) is 44.3 Å². The van der Waals surface area contributed by atoms with E-state index in [9.17, 15) is 0 Å². The number of hydrogen-bond acceptors (Lipinski definition) is 22. The van der Waals surface area contributed by atoms with E-state index in [1.54, 1.807) is 61.7 Å². The van der Waals surface area contributed by atoms with Crippen LogP contribution >= 0.6 is 11.6 Å². The fourth-order valence-corrected chi connectivity index (χ4v) is 6.92. The fraction of sp³-hybridized carbons (Fsp3) is 0.521.